The SMILES string of the molecule is Cc1cccc(CCC(=O)n2c(=O)oc3cc(N)ccc32)c1. The summed E-state index contributed by atoms with van der Waals surface area (Å²) in [6.07, 6.45) is 0.816. The van der Waals surface area contributed by atoms with Crippen LogP contribution in [-0.2, 0) is 6.42 Å². The van der Waals surface area contributed by atoms with E-state index in [0.717, 1.165) is 15.7 Å². The van der Waals surface area contributed by atoms with Gasteiger partial charge in [-0.05, 0) is 31.0 Å². The van der Waals surface area contributed by atoms with Gasteiger partial charge in [0.05, 0.1) is 5.52 Å². The van der Waals surface area contributed by atoms with Gasteiger partial charge in [-0.3, -0.25) is 4.79 Å². The van der Waals surface area contributed by atoms with Gasteiger partial charge in [0.15, 0.2) is 5.58 Å². The van der Waals surface area contributed by atoms with Gasteiger partial charge in [0, 0.05) is 18.2 Å². The van der Waals surface area contributed by atoms with Gasteiger partial charge < -0.3 is 10.2 Å². The van der Waals surface area contributed by atoms with E-state index >= 15 is 0 Å². The molecule has 0 bridgehead atoms. The van der Waals surface area contributed by atoms with E-state index in [9.17, 15) is 9.59 Å². The Hall–Kier alpha value is -2.82. The van der Waals surface area contributed by atoms with Crippen molar-refractivity contribution in [2.75, 3.05) is 5.73 Å². The van der Waals surface area contributed by atoms with Crippen LogP contribution in [0.5, 0.6) is 0 Å². The minimum atomic E-state index is -0.671. The molecule has 112 valence electrons. The molecule has 2 N–H and O–H groups in total. The second kappa shape index (κ2) is 5.52. The van der Waals surface area contributed by atoms with E-state index in [1.165, 1.54) is 0 Å². The van der Waals surface area contributed by atoms with Crippen LogP contribution in [0.4, 0.5) is 5.69 Å². The van der Waals surface area contributed by atoms with E-state index in [-0.39, 0.29) is 12.3 Å². The highest BCUT2D eigenvalue weighted by Gasteiger charge is 2.16. The number of nitrogens with two attached hydrogens (primary N) is 1. The largest absolute Gasteiger partial charge is 0.426 e. The number of aromatic nitrogens is 1. The number of hydrogen-bond donors (Lipinski definition) is 1. The van der Waals surface area contributed by atoms with Crippen molar-refractivity contribution < 1.29 is 9.21 Å². The Morgan fingerprint density at radius 2 is 2.05 bits per heavy atom. The molecule has 1 heterocycles. The minimum absolute atomic E-state index is 0.238. The number of fused-ring (bicyclic) bond motifs is 1. The van der Waals surface area contributed by atoms with Crippen molar-refractivity contribution in [3.8, 4) is 0 Å². The molecule has 0 saturated carbocycles. The van der Waals surface area contributed by atoms with E-state index < -0.39 is 5.76 Å². The van der Waals surface area contributed by atoms with Crippen molar-refractivity contribution in [3.63, 3.8) is 0 Å². The predicted molar refractivity (Wildman–Crippen MR) is 85.0 cm³/mol. The first-order chi connectivity index (χ1) is 10.5. The Morgan fingerprint density at radius 3 is 2.82 bits per heavy atom. The first kappa shape index (κ1) is 14.1. The summed E-state index contributed by atoms with van der Waals surface area (Å²) in [6.45, 7) is 2.00. The number of carbonyl (C=O) groups excluding carboxylic acids is 1. The van der Waals surface area contributed by atoms with Crippen molar-refractivity contribution in [1.82, 2.24) is 4.57 Å². The fourth-order valence-electron chi connectivity index (χ4n) is 2.50. The summed E-state index contributed by atoms with van der Waals surface area (Å²) in [5.74, 6) is -0.954. The van der Waals surface area contributed by atoms with E-state index in [4.69, 9.17) is 10.2 Å². The Morgan fingerprint density at radius 1 is 1.23 bits per heavy atom. The van der Waals surface area contributed by atoms with Crippen LogP contribution in [0.2, 0.25) is 0 Å². The zero-order chi connectivity index (χ0) is 15.7. The van der Waals surface area contributed by atoms with Crippen LogP contribution in [0, 0.1) is 6.92 Å². The highest BCUT2D eigenvalue weighted by Crippen LogP contribution is 2.17. The van der Waals surface area contributed by atoms with Gasteiger partial charge in [-0.15, -0.1) is 0 Å². The van der Waals surface area contributed by atoms with Crippen LogP contribution in [0.1, 0.15) is 22.3 Å². The van der Waals surface area contributed by atoms with Gasteiger partial charge in [-0.2, -0.15) is 0 Å². The van der Waals surface area contributed by atoms with Gasteiger partial charge in [-0.25, -0.2) is 9.36 Å². The highest BCUT2D eigenvalue weighted by atomic mass is 16.4. The van der Waals surface area contributed by atoms with Crippen LogP contribution in [0.3, 0.4) is 0 Å². The molecule has 0 amide bonds. The molecule has 2 aromatic carbocycles. The molecule has 5 nitrogen and oxygen atoms in total. The maximum absolute atomic E-state index is 12.4. The molecular formula is C17H16N2O3. The molecule has 1 aromatic heterocycles. The van der Waals surface area contributed by atoms with E-state index in [0.29, 0.717) is 23.2 Å². The van der Waals surface area contributed by atoms with E-state index in [1.54, 1.807) is 18.2 Å². The summed E-state index contributed by atoms with van der Waals surface area (Å²) in [5.41, 5.74) is 9.13. The third-order valence-electron chi connectivity index (χ3n) is 3.56. The number of benzene rings is 2. The summed E-state index contributed by atoms with van der Waals surface area (Å²) >= 11 is 0. The van der Waals surface area contributed by atoms with Gasteiger partial charge >= 0.3 is 5.76 Å². The number of rotatable bonds is 3. The highest BCUT2D eigenvalue weighted by molar-refractivity contribution is 5.90. The summed E-state index contributed by atoms with van der Waals surface area (Å²) in [4.78, 5) is 24.2. The summed E-state index contributed by atoms with van der Waals surface area (Å²) in [6, 6.07) is 12.8. The van der Waals surface area contributed by atoms with Crippen LogP contribution < -0.4 is 11.5 Å². The lowest BCUT2D eigenvalue weighted by Gasteiger charge is -2.03. The molecule has 0 aliphatic carbocycles. The average molecular weight is 296 g/mol. The number of oxazole rings is 1. The average Bonchev–Trinajstić information content (AvgIpc) is 2.80. The predicted octanol–water partition coefficient (Wildman–Crippen LogP) is 2.76. The van der Waals surface area contributed by atoms with Gasteiger partial charge in [0.2, 0.25) is 5.91 Å². The van der Waals surface area contributed by atoms with Crippen LogP contribution in [0.15, 0.2) is 51.7 Å². The number of nitrogens with zero attached hydrogens (tertiary/aromatic N) is 1. The zero-order valence-electron chi connectivity index (χ0n) is 12.2. The second-order valence-electron chi connectivity index (χ2n) is 5.31. The van der Waals surface area contributed by atoms with Crippen LogP contribution in [0.25, 0.3) is 11.1 Å². The molecule has 3 aromatic rings. The third kappa shape index (κ3) is 2.65. The number of nitrogen functional groups attached to an aromatic ring is 1. The lowest BCUT2D eigenvalue weighted by atomic mass is 10.1. The van der Waals surface area contributed by atoms with Crippen molar-refractivity contribution in [2.45, 2.75) is 19.8 Å². The molecule has 22 heavy (non-hydrogen) atoms. The lowest BCUT2D eigenvalue weighted by molar-refractivity contribution is 0.0899. The van der Waals surface area contributed by atoms with E-state index in [1.807, 2.05) is 31.2 Å². The fourth-order valence-corrected chi connectivity index (χ4v) is 2.50. The number of aryl methyl sites for hydroxylation is 2. The van der Waals surface area contributed by atoms with Crippen LogP contribution >= 0.6 is 0 Å². The minimum Gasteiger partial charge on any atom is -0.407 e. The van der Waals surface area contributed by atoms with Crippen molar-refractivity contribution in [3.05, 3.63) is 64.1 Å². The van der Waals surface area contributed by atoms with Crippen molar-refractivity contribution in [1.29, 1.82) is 0 Å². The zero-order valence-corrected chi connectivity index (χ0v) is 12.2. The quantitative estimate of drug-likeness (QED) is 0.754. The first-order valence-electron chi connectivity index (χ1n) is 7.04. The standard InChI is InChI=1S/C17H16N2O3/c1-11-3-2-4-12(9-11)5-8-16(20)19-14-7-6-13(18)10-15(14)22-17(19)21/h2-4,6-7,9-10H,5,8,18H2,1H3. The Bertz CT molecular complexity index is 906. The summed E-state index contributed by atoms with van der Waals surface area (Å²) < 4.78 is 6.15. The van der Waals surface area contributed by atoms with Crippen molar-refractivity contribution in [2.24, 2.45) is 0 Å². The molecule has 0 aliphatic rings. The number of anilines is 1. The smallest absolute Gasteiger partial charge is 0.407 e. The Labute approximate surface area is 127 Å². The maximum atomic E-state index is 12.4. The maximum Gasteiger partial charge on any atom is 0.426 e. The van der Waals surface area contributed by atoms with Gasteiger partial charge in [0.25, 0.3) is 0 Å². The van der Waals surface area contributed by atoms with Gasteiger partial charge in [0.1, 0.15) is 0 Å². The van der Waals surface area contributed by atoms with Crippen molar-refractivity contribution >= 4 is 22.7 Å². The Kier molecular flexibility index (Phi) is 3.55. The molecule has 0 aliphatic heterocycles. The molecule has 0 atom stereocenters. The molecule has 5 heteroatoms. The van der Waals surface area contributed by atoms with Gasteiger partial charge in [-0.1, -0.05) is 29.8 Å². The summed E-state index contributed by atoms with van der Waals surface area (Å²) in [5, 5.41) is 0. The lowest BCUT2D eigenvalue weighted by Crippen LogP contribution is -2.22. The first-order valence-corrected chi connectivity index (χ1v) is 7.04. The number of hydrogen-bond acceptors (Lipinski definition) is 4. The molecule has 0 saturated heterocycles. The summed E-state index contributed by atoms with van der Waals surface area (Å²) in [7, 11) is 0. The normalized spacial score (nSPS) is 11.0. The molecule has 3 rings (SSSR count). The molecular weight excluding hydrogens is 280 g/mol. The number of carbonyl (C=O) groups is 1. The topological polar surface area (TPSA) is 78.2 Å². The third-order valence-corrected chi connectivity index (χ3v) is 3.56. The molecule has 0 spiro atoms. The monoisotopic (exact) mass is 296 g/mol. The molecule has 0 radical (unpaired) electrons. The fraction of sp³-hybridized carbons (Fsp3) is 0.176. The molecule has 0 fully saturated rings. The Balaban J connectivity index is 1.86. The van der Waals surface area contributed by atoms with E-state index in [2.05, 4.69) is 0 Å². The second-order valence-corrected chi connectivity index (χ2v) is 5.31. The molecule has 0 unspecified atom stereocenters. The van der Waals surface area contributed by atoms with Crippen LogP contribution in [-0.4, -0.2) is 10.5 Å².